The summed E-state index contributed by atoms with van der Waals surface area (Å²) >= 11 is 0. The van der Waals surface area contributed by atoms with Crippen molar-refractivity contribution in [2.24, 2.45) is 0 Å². The molecule has 1 aliphatic rings. The van der Waals surface area contributed by atoms with Gasteiger partial charge in [-0.1, -0.05) is 12.1 Å². The summed E-state index contributed by atoms with van der Waals surface area (Å²) in [6, 6.07) is 11.0. The van der Waals surface area contributed by atoms with Crippen LogP contribution < -0.4 is 5.32 Å². The van der Waals surface area contributed by atoms with Crippen LogP contribution in [0, 0.1) is 10.1 Å². The number of nitro benzene ring substituents is 1. The van der Waals surface area contributed by atoms with Crippen molar-refractivity contribution in [3.05, 3.63) is 63.7 Å². The van der Waals surface area contributed by atoms with E-state index in [-0.39, 0.29) is 30.0 Å². The van der Waals surface area contributed by atoms with E-state index in [9.17, 15) is 25.1 Å². The summed E-state index contributed by atoms with van der Waals surface area (Å²) in [5, 5.41) is 33.1. The third-order valence-electron chi connectivity index (χ3n) is 5.51. The number of fused-ring (bicyclic) bond motifs is 1. The van der Waals surface area contributed by atoms with Gasteiger partial charge >= 0.3 is 0 Å². The van der Waals surface area contributed by atoms with Crippen molar-refractivity contribution in [3.63, 3.8) is 0 Å². The number of anilines is 1. The first kappa shape index (κ1) is 20.0. The number of nitrogens with zero attached hydrogens (tertiary/aromatic N) is 3. The summed E-state index contributed by atoms with van der Waals surface area (Å²) in [5.41, 5.74) is 2.18. The van der Waals surface area contributed by atoms with Crippen LogP contribution in [0.15, 0.2) is 42.5 Å². The van der Waals surface area contributed by atoms with Gasteiger partial charge in [0.25, 0.3) is 11.6 Å². The Hall–Kier alpha value is -3.30. The molecule has 3 N–H and O–H groups in total. The third kappa shape index (κ3) is 3.89. The van der Waals surface area contributed by atoms with E-state index < -0.39 is 10.8 Å². The van der Waals surface area contributed by atoms with E-state index in [0.717, 1.165) is 18.4 Å². The maximum absolute atomic E-state index is 12.8. The maximum Gasteiger partial charge on any atom is 0.270 e. The molecule has 0 unspecified atom stereocenters. The first-order chi connectivity index (χ1) is 14.5. The number of non-ortho nitro benzene ring substituents is 1. The van der Waals surface area contributed by atoms with E-state index in [1.165, 1.54) is 24.3 Å². The normalized spacial score (nSPS) is 19.0. The SMILES string of the molecule is O=C(Nc1nc2cc(CO)ccc2n1[C@H]1CC[C@H](O)CC1)c1cccc([N+](=O)[O-])c1. The molecule has 0 atom stereocenters. The van der Waals surface area contributed by atoms with Gasteiger partial charge in [0.05, 0.1) is 28.7 Å². The highest BCUT2D eigenvalue weighted by Gasteiger charge is 2.26. The molecule has 9 nitrogen and oxygen atoms in total. The van der Waals surface area contributed by atoms with E-state index in [0.29, 0.717) is 29.9 Å². The van der Waals surface area contributed by atoms with Gasteiger partial charge in [0.1, 0.15) is 0 Å². The minimum absolute atomic E-state index is 0.0544. The van der Waals surface area contributed by atoms with E-state index in [4.69, 9.17) is 0 Å². The van der Waals surface area contributed by atoms with E-state index in [1.807, 2.05) is 16.7 Å². The molecule has 1 fully saturated rings. The molecule has 1 aromatic heterocycles. The molecule has 3 aromatic rings. The molecule has 1 heterocycles. The molecule has 9 heteroatoms. The Morgan fingerprint density at radius 3 is 2.67 bits per heavy atom. The molecular weight excluding hydrogens is 388 g/mol. The monoisotopic (exact) mass is 410 g/mol. The third-order valence-corrected chi connectivity index (χ3v) is 5.51. The first-order valence-electron chi connectivity index (χ1n) is 9.82. The lowest BCUT2D eigenvalue weighted by molar-refractivity contribution is -0.384. The minimum Gasteiger partial charge on any atom is -0.393 e. The quantitative estimate of drug-likeness (QED) is 0.437. The molecule has 156 valence electrons. The van der Waals surface area contributed by atoms with Gasteiger partial charge in [0.15, 0.2) is 0 Å². The summed E-state index contributed by atoms with van der Waals surface area (Å²) in [6.07, 6.45) is 2.50. The molecule has 0 saturated heterocycles. The van der Waals surface area contributed by atoms with Crippen LogP contribution >= 0.6 is 0 Å². The molecule has 1 amide bonds. The lowest BCUT2D eigenvalue weighted by atomic mass is 9.93. The van der Waals surface area contributed by atoms with Crippen LogP contribution in [0.5, 0.6) is 0 Å². The Morgan fingerprint density at radius 1 is 1.20 bits per heavy atom. The van der Waals surface area contributed by atoms with Crippen LogP contribution in [0.1, 0.15) is 47.6 Å². The molecule has 0 bridgehead atoms. The zero-order chi connectivity index (χ0) is 21.3. The zero-order valence-electron chi connectivity index (χ0n) is 16.2. The Labute approximate surface area is 172 Å². The fourth-order valence-electron chi connectivity index (χ4n) is 3.95. The summed E-state index contributed by atoms with van der Waals surface area (Å²) in [4.78, 5) is 27.8. The van der Waals surface area contributed by atoms with Crippen molar-refractivity contribution in [3.8, 4) is 0 Å². The lowest BCUT2D eigenvalue weighted by Gasteiger charge is -2.28. The predicted octanol–water partition coefficient (Wildman–Crippen LogP) is 3.17. The van der Waals surface area contributed by atoms with Crippen molar-refractivity contribution in [1.29, 1.82) is 0 Å². The average molecular weight is 410 g/mol. The fourth-order valence-corrected chi connectivity index (χ4v) is 3.95. The summed E-state index contributed by atoms with van der Waals surface area (Å²) in [7, 11) is 0. The Kier molecular flexibility index (Phi) is 5.47. The van der Waals surface area contributed by atoms with Crippen molar-refractivity contribution in [2.75, 3.05) is 5.32 Å². The number of aliphatic hydroxyl groups excluding tert-OH is 2. The highest BCUT2D eigenvalue weighted by molar-refractivity contribution is 6.04. The van der Waals surface area contributed by atoms with Gasteiger partial charge in [-0.25, -0.2) is 4.98 Å². The Morgan fingerprint density at radius 2 is 1.97 bits per heavy atom. The second-order valence-electron chi connectivity index (χ2n) is 7.51. The van der Waals surface area contributed by atoms with Gasteiger partial charge in [0.2, 0.25) is 5.95 Å². The summed E-state index contributed by atoms with van der Waals surface area (Å²) in [5.74, 6) is -0.147. The standard InChI is InChI=1S/C21H22N4O5/c26-12-13-4-9-19-18(10-13)22-21(24(19)15-5-7-17(27)8-6-15)23-20(28)14-2-1-3-16(11-14)25(29)30/h1-4,9-11,15,17,26-27H,5-8,12H2,(H,22,23,28)/t15-,17-. The second-order valence-corrected chi connectivity index (χ2v) is 7.51. The van der Waals surface area contributed by atoms with Gasteiger partial charge in [-0.05, 0) is 49.4 Å². The summed E-state index contributed by atoms with van der Waals surface area (Å²) < 4.78 is 1.96. The van der Waals surface area contributed by atoms with E-state index in [2.05, 4.69) is 10.3 Å². The van der Waals surface area contributed by atoms with Crippen molar-refractivity contribution >= 4 is 28.6 Å². The van der Waals surface area contributed by atoms with Crippen molar-refractivity contribution in [2.45, 2.75) is 44.4 Å². The molecule has 0 spiro atoms. The molecule has 0 radical (unpaired) electrons. The predicted molar refractivity (Wildman–Crippen MR) is 110 cm³/mol. The van der Waals surface area contributed by atoms with Gasteiger partial charge < -0.3 is 14.8 Å². The number of benzene rings is 2. The van der Waals surface area contributed by atoms with Crippen LogP contribution in [0.4, 0.5) is 11.6 Å². The Balaban J connectivity index is 1.71. The van der Waals surface area contributed by atoms with Crippen molar-refractivity contribution in [1.82, 2.24) is 9.55 Å². The minimum atomic E-state index is -0.546. The number of aliphatic hydroxyl groups is 2. The number of hydrogen-bond donors (Lipinski definition) is 3. The number of aromatic nitrogens is 2. The van der Waals surface area contributed by atoms with Crippen molar-refractivity contribution < 1.29 is 19.9 Å². The van der Waals surface area contributed by atoms with Crippen LogP contribution in [-0.2, 0) is 6.61 Å². The number of rotatable bonds is 5. The Bertz CT molecular complexity index is 1100. The van der Waals surface area contributed by atoms with Crippen LogP contribution in [0.2, 0.25) is 0 Å². The average Bonchev–Trinajstić information content (AvgIpc) is 3.11. The number of nitrogens with one attached hydrogen (secondary N) is 1. The smallest absolute Gasteiger partial charge is 0.270 e. The lowest BCUT2D eigenvalue weighted by Crippen LogP contribution is -2.23. The molecular formula is C21H22N4O5. The highest BCUT2D eigenvalue weighted by atomic mass is 16.6. The first-order valence-corrected chi connectivity index (χ1v) is 9.82. The molecule has 30 heavy (non-hydrogen) atoms. The topological polar surface area (TPSA) is 131 Å². The molecule has 0 aliphatic heterocycles. The maximum atomic E-state index is 12.8. The number of amides is 1. The van der Waals surface area contributed by atoms with Gasteiger partial charge in [-0.15, -0.1) is 0 Å². The van der Waals surface area contributed by atoms with Gasteiger partial charge in [-0.3, -0.25) is 20.2 Å². The largest absolute Gasteiger partial charge is 0.393 e. The fraction of sp³-hybridized carbons (Fsp3) is 0.333. The van der Waals surface area contributed by atoms with Crippen LogP contribution in [0.3, 0.4) is 0 Å². The number of imidazole rings is 1. The molecule has 1 saturated carbocycles. The molecule has 2 aromatic carbocycles. The highest BCUT2D eigenvalue weighted by Crippen LogP contribution is 2.35. The van der Waals surface area contributed by atoms with E-state index in [1.54, 1.807) is 6.07 Å². The van der Waals surface area contributed by atoms with Gasteiger partial charge in [-0.2, -0.15) is 0 Å². The molecule has 1 aliphatic carbocycles. The zero-order valence-corrected chi connectivity index (χ0v) is 16.2. The number of hydrogen-bond acceptors (Lipinski definition) is 6. The molecule has 4 rings (SSSR count). The van der Waals surface area contributed by atoms with Gasteiger partial charge in [0, 0.05) is 23.7 Å². The number of carbonyl (C=O) groups excluding carboxylic acids is 1. The van der Waals surface area contributed by atoms with Crippen LogP contribution in [-0.4, -0.2) is 36.7 Å². The number of carbonyl (C=O) groups is 1. The van der Waals surface area contributed by atoms with E-state index >= 15 is 0 Å². The number of nitro groups is 1. The van der Waals surface area contributed by atoms with Crippen LogP contribution in [0.25, 0.3) is 11.0 Å². The second kappa shape index (κ2) is 8.21. The summed E-state index contributed by atoms with van der Waals surface area (Å²) in [6.45, 7) is -0.117.